The number of para-hydroxylation sites is 2. The highest BCUT2D eigenvalue weighted by Crippen LogP contribution is 2.30. The van der Waals surface area contributed by atoms with Gasteiger partial charge in [0.1, 0.15) is 11.6 Å². The zero-order valence-corrected chi connectivity index (χ0v) is 16.9. The van der Waals surface area contributed by atoms with Gasteiger partial charge in [-0.2, -0.15) is 0 Å². The van der Waals surface area contributed by atoms with E-state index in [0.717, 1.165) is 54.9 Å². The van der Waals surface area contributed by atoms with Crippen LogP contribution < -0.4 is 15.5 Å². The average molecular weight is 390 g/mol. The number of morpholine rings is 1. The maximum Gasteiger partial charge on any atom is 0.163 e. The number of anilines is 4. The van der Waals surface area contributed by atoms with Crippen molar-refractivity contribution in [2.75, 3.05) is 41.8 Å². The summed E-state index contributed by atoms with van der Waals surface area (Å²) < 4.78 is 5.51. The normalized spacial score (nSPS) is 14.1. The lowest BCUT2D eigenvalue weighted by Crippen LogP contribution is -2.36. The summed E-state index contributed by atoms with van der Waals surface area (Å²) in [6, 6.07) is 20.6. The Bertz CT molecular complexity index is 939. The van der Waals surface area contributed by atoms with Crippen molar-refractivity contribution in [2.45, 2.75) is 19.9 Å². The molecular weight excluding hydrogens is 362 g/mol. The first kappa shape index (κ1) is 19.2. The molecule has 0 bridgehead atoms. The summed E-state index contributed by atoms with van der Waals surface area (Å²) in [5.41, 5.74) is 3.18. The Morgan fingerprint density at radius 1 is 0.897 bits per heavy atom. The van der Waals surface area contributed by atoms with Crippen LogP contribution in [-0.2, 0) is 4.74 Å². The summed E-state index contributed by atoms with van der Waals surface area (Å²) >= 11 is 0. The molecule has 0 amide bonds. The van der Waals surface area contributed by atoms with Crippen molar-refractivity contribution in [1.82, 2.24) is 9.97 Å². The van der Waals surface area contributed by atoms with Crippen LogP contribution in [-0.4, -0.2) is 42.3 Å². The molecule has 150 valence electrons. The number of benzene rings is 2. The van der Waals surface area contributed by atoms with Gasteiger partial charge in [-0.25, -0.2) is 9.97 Å². The third kappa shape index (κ3) is 4.84. The molecule has 2 heterocycles. The second-order valence-electron chi connectivity index (χ2n) is 7.37. The summed E-state index contributed by atoms with van der Waals surface area (Å²) in [7, 11) is 0. The molecule has 1 aliphatic rings. The van der Waals surface area contributed by atoms with Crippen molar-refractivity contribution >= 4 is 23.0 Å². The van der Waals surface area contributed by atoms with Crippen molar-refractivity contribution in [1.29, 1.82) is 0 Å². The van der Waals surface area contributed by atoms with E-state index < -0.39 is 0 Å². The second-order valence-corrected chi connectivity index (χ2v) is 7.37. The fourth-order valence-corrected chi connectivity index (χ4v) is 3.39. The SMILES string of the molecule is CC(C)Nc1cc(Nc2ccccc2N2CCOCC2)nc(-c2ccccc2)n1. The Balaban J connectivity index is 1.68. The Morgan fingerprint density at radius 3 is 2.34 bits per heavy atom. The quantitative estimate of drug-likeness (QED) is 0.645. The van der Waals surface area contributed by atoms with Crippen LogP contribution in [0.25, 0.3) is 11.4 Å². The van der Waals surface area contributed by atoms with Gasteiger partial charge in [-0.15, -0.1) is 0 Å². The second kappa shape index (κ2) is 8.92. The van der Waals surface area contributed by atoms with Crippen molar-refractivity contribution in [2.24, 2.45) is 0 Å². The minimum atomic E-state index is 0.280. The molecule has 6 nitrogen and oxygen atoms in total. The number of nitrogens with zero attached hydrogens (tertiary/aromatic N) is 3. The van der Waals surface area contributed by atoms with Gasteiger partial charge in [-0.3, -0.25) is 0 Å². The molecule has 1 saturated heterocycles. The Morgan fingerprint density at radius 2 is 1.59 bits per heavy atom. The van der Waals surface area contributed by atoms with Crippen LogP contribution in [0.5, 0.6) is 0 Å². The van der Waals surface area contributed by atoms with E-state index in [1.165, 1.54) is 0 Å². The van der Waals surface area contributed by atoms with Gasteiger partial charge < -0.3 is 20.3 Å². The van der Waals surface area contributed by atoms with Crippen LogP contribution >= 0.6 is 0 Å². The molecule has 4 rings (SSSR count). The average Bonchev–Trinajstić information content (AvgIpc) is 2.75. The van der Waals surface area contributed by atoms with Gasteiger partial charge in [-0.1, -0.05) is 42.5 Å². The molecule has 2 aromatic carbocycles. The first-order valence-corrected chi connectivity index (χ1v) is 10.1. The highest BCUT2D eigenvalue weighted by atomic mass is 16.5. The van der Waals surface area contributed by atoms with E-state index in [0.29, 0.717) is 5.82 Å². The fraction of sp³-hybridized carbons (Fsp3) is 0.304. The molecule has 1 fully saturated rings. The standard InChI is InChI=1S/C23H27N5O/c1-17(2)24-21-16-22(27-23(26-21)18-8-4-3-5-9-18)25-19-10-6-7-11-20(19)28-12-14-29-15-13-28/h3-11,16-17H,12-15H2,1-2H3,(H2,24,25,26,27). The van der Waals surface area contributed by atoms with Gasteiger partial charge in [0.05, 0.1) is 24.6 Å². The minimum absolute atomic E-state index is 0.280. The van der Waals surface area contributed by atoms with E-state index in [-0.39, 0.29) is 6.04 Å². The predicted molar refractivity (Wildman–Crippen MR) is 119 cm³/mol. The maximum absolute atomic E-state index is 5.51. The van der Waals surface area contributed by atoms with E-state index in [1.54, 1.807) is 0 Å². The summed E-state index contributed by atoms with van der Waals surface area (Å²) in [6.07, 6.45) is 0. The molecule has 29 heavy (non-hydrogen) atoms. The van der Waals surface area contributed by atoms with Crippen molar-refractivity contribution in [3.63, 3.8) is 0 Å². The Labute approximate surface area is 172 Å². The van der Waals surface area contributed by atoms with Crippen LogP contribution in [0.4, 0.5) is 23.0 Å². The lowest BCUT2D eigenvalue weighted by atomic mass is 10.2. The molecular formula is C23H27N5O. The van der Waals surface area contributed by atoms with Crippen molar-refractivity contribution in [3.8, 4) is 11.4 Å². The highest BCUT2D eigenvalue weighted by molar-refractivity contribution is 5.75. The molecule has 2 N–H and O–H groups in total. The summed E-state index contributed by atoms with van der Waals surface area (Å²) in [6.45, 7) is 7.48. The van der Waals surface area contributed by atoms with E-state index >= 15 is 0 Å². The van der Waals surface area contributed by atoms with Gasteiger partial charge in [0.2, 0.25) is 0 Å². The van der Waals surface area contributed by atoms with Crippen LogP contribution in [0, 0.1) is 0 Å². The topological polar surface area (TPSA) is 62.3 Å². The Kier molecular flexibility index (Phi) is 5.91. The zero-order valence-electron chi connectivity index (χ0n) is 16.9. The molecule has 0 aliphatic carbocycles. The molecule has 6 heteroatoms. The minimum Gasteiger partial charge on any atom is -0.378 e. The van der Waals surface area contributed by atoms with Crippen LogP contribution in [0.15, 0.2) is 60.7 Å². The third-order valence-corrected chi connectivity index (χ3v) is 4.71. The molecule has 0 spiro atoms. The summed E-state index contributed by atoms with van der Waals surface area (Å²) in [5.74, 6) is 2.27. The predicted octanol–water partition coefficient (Wildman–Crippen LogP) is 4.54. The molecule has 3 aromatic rings. The molecule has 1 aromatic heterocycles. The lowest BCUT2D eigenvalue weighted by molar-refractivity contribution is 0.123. The monoisotopic (exact) mass is 389 g/mol. The summed E-state index contributed by atoms with van der Waals surface area (Å²) in [5, 5.41) is 6.92. The molecule has 1 aliphatic heterocycles. The van der Waals surface area contributed by atoms with Crippen LogP contribution in [0.2, 0.25) is 0 Å². The number of ether oxygens (including phenoxy) is 1. The van der Waals surface area contributed by atoms with Crippen molar-refractivity contribution in [3.05, 3.63) is 60.7 Å². The first-order chi connectivity index (χ1) is 14.2. The number of hydrogen-bond donors (Lipinski definition) is 2. The number of hydrogen-bond acceptors (Lipinski definition) is 6. The third-order valence-electron chi connectivity index (χ3n) is 4.71. The number of rotatable bonds is 6. The highest BCUT2D eigenvalue weighted by Gasteiger charge is 2.15. The molecule has 0 unspecified atom stereocenters. The smallest absolute Gasteiger partial charge is 0.163 e. The number of nitrogens with one attached hydrogen (secondary N) is 2. The fourth-order valence-electron chi connectivity index (χ4n) is 3.39. The summed E-state index contributed by atoms with van der Waals surface area (Å²) in [4.78, 5) is 11.8. The van der Waals surface area contributed by atoms with Gasteiger partial charge in [0.15, 0.2) is 5.82 Å². The van der Waals surface area contributed by atoms with Gasteiger partial charge in [-0.05, 0) is 26.0 Å². The van der Waals surface area contributed by atoms with Gasteiger partial charge in [0.25, 0.3) is 0 Å². The zero-order chi connectivity index (χ0) is 20.1. The van der Waals surface area contributed by atoms with Crippen LogP contribution in [0.1, 0.15) is 13.8 Å². The largest absolute Gasteiger partial charge is 0.378 e. The van der Waals surface area contributed by atoms with E-state index in [9.17, 15) is 0 Å². The Hall–Kier alpha value is -3.12. The molecule has 0 radical (unpaired) electrons. The van der Waals surface area contributed by atoms with E-state index in [4.69, 9.17) is 14.7 Å². The van der Waals surface area contributed by atoms with Gasteiger partial charge >= 0.3 is 0 Å². The lowest BCUT2D eigenvalue weighted by Gasteiger charge is -2.30. The number of aromatic nitrogens is 2. The van der Waals surface area contributed by atoms with Crippen molar-refractivity contribution < 1.29 is 4.74 Å². The molecule has 0 saturated carbocycles. The first-order valence-electron chi connectivity index (χ1n) is 10.1. The maximum atomic E-state index is 5.51. The van der Waals surface area contributed by atoms with E-state index in [1.807, 2.05) is 42.5 Å². The molecule has 0 atom stereocenters. The van der Waals surface area contributed by atoms with Crippen LogP contribution in [0.3, 0.4) is 0 Å². The van der Waals surface area contributed by atoms with E-state index in [2.05, 4.69) is 47.6 Å². The van der Waals surface area contributed by atoms with Gasteiger partial charge in [0, 0.05) is 30.8 Å².